The van der Waals surface area contributed by atoms with Crippen molar-refractivity contribution in [1.82, 2.24) is 10.3 Å². The molecule has 0 saturated heterocycles. The first-order valence-electron chi connectivity index (χ1n) is 5.31. The molecule has 1 rings (SSSR count). The normalized spacial score (nSPS) is 15.5. The van der Waals surface area contributed by atoms with E-state index in [1.807, 2.05) is 11.6 Å². The first-order valence-corrected chi connectivity index (χ1v) is 6.19. The van der Waals surface area contributed by atoms with Gasteiger partial charge in [-0.15, -0.1) is 11.3 Å². The van der Waals surface area contributed by atoms with E-state index < -0.39 is 0 Å². The van der Waals surface area contributed by atoms with Crippen molar-refractivity contribution in [3.63, 3.8) is 0 Å². The Morgan fingerprint density at radius 2 is 2.33 bits per heavy atom. The van der Waals surface area contributed by atoms with Crippen molar-refractivity contribution in [2.75, 3.05) is 13.7 Å². The molecule has 0 amide bonds. The number of hydrogen-bond donors (Lipinski definition) is 1. The van der Waals surface area contributed by atoms with Gasteiger partial charge < -0.3 is 10.1 Å². The van der Waals surface area contributed by atoms with Gasteiger partial charge in [0, 0.05) is 24.7 Å². The van der Waals surface area contributed by atoms with Gasteiger partial charge in [0.05, 0.1) is 12.1 Å². The van der Waals surface area contributed by atoms with Crippen LogP contribution in [-0.2, 0) is 10.3 Å². The molecule has 86 valence electrons. The molecule has 0 saturated carbocycles. The highest BCUT2D eigenvalue weighted by molar-refractivity contribution is 7.09. The van der Waals surface area contributed by atoms with Crippen molar-refractivity contribution in [1.29, 1.82) is 0 Å². The number of thiazole rings is 1. The summed E-state index contributed by atoms with van der Waals surface area (Å²) in [6, 6.07) is 0.420. The highest BCUT2D eigenvalue weighted by Gasteiger charge is 2.33. The van der Waals surface area contributed by atoms with E-state index in [-0.39, 0.29) is 5.54 Å². The van der Waals surface area contributed by atoms with E-state index in [1.165, 1.54) is 0 Å². The summed E-state index contributed by atoms with van der Waals surface area (Å²) in [6.07, 6.45) is 2.83. The molecule has 0 aliphatic carbocycles. The number of rotatable bonds is 6. The minimum absolute atomic E-state index is 0.128. The average Bonchev–Trinajstić information content (AvgIpc) is 2.69. The predicted molar refractivity (Wildman–Crippen MR) is 64.2 cm³/mol. The van der Waals surface area contributed by atoms with Crippen molar-refractivity contribution in [3.05, 3.63) is 16.6 Å². The summed E-state index contributed by atoms with van der Waals surface area (Å²) in [5, 5.41) is 6.69. The van der Waals surface area contributed by atoms with E-state index in [0.717, 1.165) is 11.4 Å². The molecular formula is C11H20N2OS. The molecule has 0 fully saturated rings. The Morgan fingerprint density at radius 3 is 2.73 bits per heavy atom. The summed E-state index contributed by atoms with van der Waals surface area (Å²) < 4.78 is 5.33. The van der Waals surface area contributed by atoms with E-state index in [1.54, 1.807) is 18.4 Å². The molecule has 0 bridgehead atoms. The maximum absolute atomic E-state index is 5.33. The summed E-state index contributed by atoms with van der Waals surface area (Å²) in [5.41, 5.74) is -0.128. The van der Waals surface area contributed by atoms with Crippen LogP contribution >= 0.6 is 11.3 Å². The van der Waals surface area contributed by atoms with Gasteiger partial charge in [0.1, 0.15) is 5.01 Å². The maximum Gasteiger partial charge on any atom is 0.115 e. The van der Waals surface area contributed by atoms with Crippen LogP contribution in [0.4, 0.5) is 0 Å². The lowest BCUT2D eigenvalue weighted by Crippen LogP contribution is -2.48. The lowest BCUT2D eigenvalue weighted by Gasteiger charge is -2.33. The molecule has 0 spiro atoms. The van der Waals surface area contributed by atoms with Gasteiger partial charge in [-0.1, -0.05) is 6.92 Å². The minimum Gasteiger partial charge on any atom is -0.382 e. The zero-order chi connectivity index (χ0) is 11.3. The maximum atomic E-state index is 5.33. The van der Waals surface area contributed by atoms with Crippen molar-refractivity contribution in [2.45, 2.75) is 38.8 Å². The van der Waals surface area contributed by atoms with Crippen LogP contribution in [0, 0.1) is 0 Å². The first-order chi connectivity index (χ1) is 7.14. The Morgan fingerprint density at radius 1 is 1.60 bits per heavy atom. The molecule has 1 heterocycles. The quantitative estimate of drug-likeness (QED) is 0.812. The van der Waals surface area contributed by atoms with Gasteiger partial charge in [0.15, 0.2) is 0 Å². The minimum atomic E-state index is -0.128. The van der Waals surface area contributed by atoms with Crippen LogP contribution in [0.15, 0.2) is 11.6 Å². The van der Waals surface area contributed by atoms with Gasteiger partial charge in [-0.3, -0.25) is 0 Å². The predicted octanol–water partition coefficient (Wildman–Crippen LogP) is 2.39. The summed E-state index contributed by atoms with van der Waals surface area (Å²) in [6.45, 7) is 7.12. The topological polar surface area (TPSA) is 34.1 Å². The first kappa shape index (κ1) is 12.6. The molecule has 1 aromatic heterocycles. The fourth-order valence-electron chi connectivity index (χ4n) is 1.78. The van der Waals surface area contributed by atoms with E-state index in [0.29, 0.717) is 12.6 Å². The van der Waals surface area contributed by atoms with Gasteiger partial charge in [0.25, 0.3) is 0 Å². The van der Waals surface area contributed by atoms with Crippen LogP contribution in [0.3, 0.4) is 0 Å². The molecule has 4 heteroatoms. The van der Waals surface area contributed by atoms with Crippen molar-refractivity contribution in [3.8, 4) is 0 Å². The van der Waals surface area contributed by atoms with Crippen molar-refractivity contribution in [2.24, 2.45) is 0 Å². The molecule has 0 aromatic carbocycles. The number of hydrogen-bond acceptors (Lipinski definition) is 4. The van der Waals surface area contributed by atoms with Gasteiger partial charge in [-0.2, -0.15) is 0 Å². The molecule has 1 N–H and O–H groups in total. The third-order valence-electron chi connectivity index (χ3n) is 2.40. The second-order valence-electron chi connectivity index (χ2n) is 4.00. The lowest BCUT2D eigenvalue weighted by atomic mass is 9.97. The third kappa shape index (κ3) is 3.00. The number of methoxy groups -OCH3 is 1. The van der Waals surface area contributed by atoms with Crippen LogP contribution < -0.4 is 5.32 Å². The Bertz CT molecular complexity index is 274. The Balaban J connectivity index is 2.92. The van der Waals surface area contributed by atoms with Gasteiger partial charge in [0.2, 0.25) is 0 Å². The smallest absolute Gasteiger partial charge is 0.115 e. The third-order valence-corrected chi connectivity index (χ3v) is 3.38. The van der Waals surface area contributed by atoms with Crippen LogP contribution in [0.1, 0.15) is 32.2 Å². The summed E-state index contributed by atoms with van der Waals surface area (Å²) >= 11 is 1.68. The fourth-order valence-corrected chi connectivity index (χ4v) is 2.64. The van der Waals surface area contributed by atoms with Crippen LogP contribution in [0.25, 0.3) is 0 Å². The second-order valence-corrected chi connectivity index (χ2v) is 4.90. The number of aromatic nitrogens is 1. The SMILES string of the molecule is CCC(COC)(NC(C)C)c1nccs1. The standard InChI is InChI=1S/C11H20N2OS/c1-5-11(8-14-4,13-9(2)3)10-12-6-7-15-10/h6-7,9,13H,5,8H2,1-4H3. The molecule has 1 aromatic rings. The molecule has 1 unspecified atom stereocenters. The van der Waals surface area contributed by atoms with Gasteiger partial charge >= 0.3 is 0 Å². The molecule has 0 aliphatic heterocycles. The molecular weight excluding hydrogens is 208 g/mol. The second kappa shape index (κ2) is 5.58. The van der Waals surface area contributed by atoms with E-state index in [9.17, 15) is 0 Å². The van der Waals surface area contributed by atoms with Gasteiger partial charge in [-0.25, -0.2) is 4.98 Å². The molecule has 0 aliphatic rings. The highest BCUT2D eigenvalue weighted by atomic mass is 32.1. The van der Waals surface area contributed by atoms with E-state index in [2.05, 4.69) is 31.1 Å². The number of nitrogens with zero attached hydrogens (tertiary/aromatic N) is 1. The lowest BCUT2D eigenvalue weighted by molar-refractivity contribution is 0.0981. The Kier molecular flexibility index (Phi) is 4.70. The molecule has 3 nitrogen and oxygen atoms in total. The summed E-state index contributed by atoms with van der Waals surface area (Å²) in [4.78, 5) is 4.41. The summed E-state index contributed by atoms with van der Waals surface area (Å²) in [7, 11) is 1.74. The van der Waals surface area contributed by atoms with Crippen molar-refractivity contribution < 1.29 is 4.74 Å². The largest absolute Gasteiger partial charge is 0.382 e. The molecule has 0 radical (unpaired) electrons. The molecule has 1 atom stereocenters. The van der Waals surface area contributed by atoms with Crippen molar-refractivity contribution >= 4 is 11.3 Å². The summed E-state index contributed by atoms with van der Waals surface area (Å²) in [5.74, 6) is 0. The zero-order valence-electron chi connectivity index (χ0n) is 9.91. The Hall–Kier alpha value is -0.450. The van der Waals surface area contributed by atoms with E-state index >= 15 is 0 Å². The van der Waals surface area contributed by atoms with Crippen LogP contribution in [-0.4, -0.2) is 24.7 Å². The van der Waals surface area contributed by atoms with Gasteiger partial charge in [-0.05, 0) is 20.3 Å². The zero-order valence-corrected chi connectivity index (χ0v) is 10.7. The van der Waals surface area contributed by atoms with Crippen LogP contribution in [0.2, 0.25) is 0 Å². The monoisotopic (exact) mass is 228 g/mol. The average molecular weight is 228 g/mol. The number of ether oxygens (including phenoxy) is 1. The van der Waals surface area contributed by atoms with E-state index in [4.69, 9.17) is 4.74 Å². The fraction of sp³-hybridized carbons (Fsp3) is 0.727. The van der Waals surface area contributed by atoms with Crippen LogP contribution in [0.5, 0.6) is 0 Å². The molecule has 15 heavy (non-hydrogen) atoms. The number of nitrogens with one attached hydrogen (secondary N) is 1. The highest BCUT2D eigenvalue weighted by Crippen LogP contribution is 2.27. The Labute approximate surface area is 95.9 Å².